The number of hydrogen-bond acceptors (Lipinski definition) is 3. The molecular weight excluding hydrogens is 260 g/mol. The zero-order chi connectivity index (χ0) is 14.0. The van der Waals surface area contributed by atoms with Crippen molar-refractivity contribution in [1.29, 1.82) is 0 Å². The van der Waals surface area contributed by atoms with E-state index in [4.69, 9.17) is 0 Å². The van der Waals surface area contributed by atoms with E-state index in [1.54, 1.807) is 16.4 Å². The second-order valence-electron chi connectivity index (χ2n) is 5.22. The minimum atomic E-state index is -3.36. The molecule has 1 aliphatic rings. The Balaban J connectivity index is 2.33. The molecule has 0 spiro atoms. The lowest BCUT2D eigenvalue weighted by Crippen LogP contribution is -2.40. The van der Waals surface area contributed by atoms with E-state index in [2.05, 4.69) is 5.32 Å². The summed E-state index contributed by atoms with van der Waals surface area (Å²) in [4.78, 5) is 0.415. The van der Waals surface area contributed by atoms with Gasteiger partial charge in [0.1, 0.15) is 0 Å². The van der Waals surface area contributed by atoms with E-state index in [9.17, 15) is 8.42 Å². The molecule has 1 heterocycles. The molecule has 1 saturated heterocycles. The molecule has 1 N–H and O–H groups in total. The number of benzene rings is 1. The van der Waals surface area contributed by atoms with Crippen molar-refractivity contribution in [2.24, 2.45) is 0 Å². The van der Waals surface area contributed by atoms with Crippen molar-refractivity contribution in [3.8, 4) is 0 Å². The van der Waals surface area contributed by atoms with Gasteiger partial charge in [-0.15, -0.1) is 0 Å². The van der Waals surface area contributed by atoms with Gasteiger partial charge < -0.3 is 5.32 Å². The first-order chi connectivity index (χ1) is 8.96. The lowest BCUT2D eigenvalue weighted by atomic mass is 10.1. The maximum absolute atomic E-state index is 12.7. The summed E-state index contributed by atoms with van der Waals surface area (Å²) < 4.78 is 27.0. The Morgan fingerprint density at radius 3 is 2.68 bits per heavy atom. The molecule has 1 aliphatic heterocycles. The molecule has 1 atom stereocenters. The first kappa shape index (κ1) is 14.5. The number of hydrogen-bond donors (Lipinski definition) is 1. The van der Waals surface area contributed by atoms with Gasteiger partial charge in [-0.25, -0.2) is 8.42 Å². The van der Waals surface area contributed by atoms with Crippen molar-refractivity contribution in [2.45, 2.75) is 37.6 Å². The zero-order valence-electron chi connectivity index (χ0n) is 11.8. The quantitative estimate of drug-likeness (QED) is 0.914. The number of likely N-dealkylation sites (N-methyl/N-ethyl adjacent to an activating group) is 1. The van der Waals surface area contributed by atoms with Crippen LogP contribution in [-0.4, -0.2) is 38.9 Å². The summed E-state index contributed by atoms with van der Waals surface area (Å²) in [6, 6.07) is 5.45. The van der Waals surface area contributed by atoms with Crippen LogP contribution in [0.15, 0.2) is 23.1 Å². The molecule has 1 unspecified atom stereocenters. The summed E-state index contributed by atoms with van der Waals surface area (Å²) in [5, 5.41) is 3.08. The van der Waals surface area contributed by atoms with E-state index in [-0.39, 0.29) is 6.04 Å². The van der Waals surface area contributed by atoms with Crippen LogP contribution in [0.3, 0.4) is 0 Å². The summed E-state index contributed by atoms with van der Waals surface area (Å²) in [7, 11) is -1.50. The molecular formula is C14H22N2O2S. The molecule has 1 aromatic carbocycles. The zero-order valence-corrected chi connectivity index (χ0v) is 12.6. The predicted octanol–water partition coefficient (Wildman–Crippen LogP) is 1.68. The molecule has 0 saturated carbocycles. The van der Waals surface area contributed by atoms with Crippen molar-refractivity contribution in [3.63, 3.8) is 0 Å². The van der Waals surface area contributed by atoms with Crippen LogP contribution in [0.5, 0.6) is 0 Å². The normalized spacial score (nSPS) is 20.9. The third kappa shape index (κ3) is 2.83. The molecule has 2 rings (SSSR count). The van der Waals surface area contributed by atoms with E-state index < -0.39 is 10.0 Å². The molecule has 4 nitrogen and oxygen atoms in total. The minimum Gasteiger partial charge on any atom is -0.318 e. The predicted molar refractivity (Wildman–Crippen MR) is 76.8 cm³/mol. The van der Waals surface area contributed by atoms with Crippen molar-refractivity contribution >= 4 is 10.0 Å². The number of sulfonamides is 1. The van der Waals surface area contributed by atoms with Crippen molar-refractivity contribution < 1.29 is 8.42 Å². The molecule has 0 aliphatic carbocycles. The van der Waals surface area contributed by atoms with Crippen LogP contribution in [-0.2, 0) is 10.0 Å². The molecule has 0 bridgehead atoms. The minimum absolute atomic E-state index is 0.0802. The fraction of sp³-hybridized carbons (Fsp3) is 0.571. The van der Waals surface area contributed by atoms with Gasteiger partial charge in [0.2, 0.25) is 10.0 Å². The summed E-state index contributed by atoms with van der Waals surface area (Å²) in [5.41, 5.74) is 2.14. The van der Waals surface area contributed by atoms with Crippen LogP contribution in [0.1, 0.15) is 24.0 Å². The van der Waals surface area contributed by atoms with Gasteiger partial charge in [0.25, 0.3) is 0 Å². The van der Waals surface area contributed by atoms with Crippen molar-refractivity contribution in [2.75, 3.05) is 20.1 Å². The average Bonchev–Trinajstić information content (AvgIpc) is 2.82. The SMILES string of the molecule is CNCC1CCCN1S(=O)(=O)c1ccc(C)c(C)c1. The number of nitrogens with zero attached hydrogens (tertiary/aromatic N) is 1. The number of aryl methyl sites for hydroxylation is 2. The number of nitrogens with one attached hydrogen (secondary N) is 1. The topological polar surface area (TPSA) is 49.4 Å². The second kappa shape index (κ2) is 5.61. The maximum Gasteiger partial charge on any atom is 0.243 e. The van der Waals surface area contributed by atoms with Gasteiger partial charge in [0.05, 0.1) is 4.90 Å². The van der Waals surface area contributed by atoms with E-state index in [1.807, 2.05) is 27.0 Å². The Hall–Kier alpha value is -0.910. The van der Waals surface area contributed by atoms with Gasteiger partial charge in [-0.05, 0) is 57.0 Å². The van der Waals surface area contributed by atoms with Gasteiger partial charge in [-0.1, -0.05) is 6.07 Å². The van der Waals surface area contributed by atoms with Gasteiger partial charge in [-0.3, -0.25) is 0 Å². The highest BCUT2D eigenvalue weighted by atomic mass is 32.2. The Morgan fingerprint density at radius 1 is 1.32 bits per heavy atom. The van der Waals surface area contributed by atoms with Crippen LogP contribution in [0.4, 0.5) is 0 Å². The highest BCUT2D eigenvalue weighted by Gasteiger charge is 2.34. The molecule has 106 valence electrons. The van der Waals surface area contributed by atoms with Crippen LogP contribution in [0.2, 0.25) is 0 Å². The molecule has 0 amide bonds. The van der Waals surface area contributed by atoms with Crippen LogP contribution in [0.25, 0.3) is 0 Å². The van der Waals surface area contributed by atoms with E-state index >= 15 is 0 Å². The summed E-state index contributed by atoms with van der Waals surface area (Å²) >= 11 is 0. The summed E-state index contributed by atoms with van der Waals surface area (Å²) in [6.45, 7) is 5.28. The van der Waals surface area contributed by atoms with E-state index in [0.29, 0.717) is 18.0 Å². The van der Waals surface area contributed by atoms with Crippen LogP contribution >= 0.6 is 0 Å². The Kier molecular flexibility index (Phi) is 4.28. The Labute approximate surface area is 115 Å². The van der Waals surface area contributed by atoms with E-state index in [0.717, 1.165) is 24.0 Å². The van der Waals surface area contributed by atoms with Gasteiger partial charge >= 0.3 is 0 Å². The molecule has 5 heteroatoms. The fourth-order valence-electron chi connectivity index (χ4n) is 2.58. The lowest BCUT2D eigenvalue weighted by Gasteiger charge is -2.24. The standard InChI is InChI=1S/C14H22N2O2S/c1-11-6-7-14(9-12(11)2)19(17,18)16-8-4-5-13(16)10-15-3/h6-7,9,13,15H,4-5,8,10H2,1-3H3. The second-order valence-corrected chi connectivity index (χ2v) is 7.11. The van der Waals surface area contributed by atoms with Crippen molar-refractivity contribution in [3.05, 3.63) is 29.3 Å². The average molecular weight is 282 g/mol. The summed E-state index contributed by atoms with van der Waals surface area (Å²) in [6.07, 6.45) is 1.88. The third-order valence-corrected chi connectivity index (χ3v) is 5.80. The molecule has 19 heavy (non-hydrogen) atoms. The molecule has 0 radical (unpaired) electrons. The first-order valence-electron chi connectivity index (χ1n) is 6.70. The smallest absolute Gasteiger partial charge is 0.243 e. The summed E-state index contributed by atoms with van der Waals surface area (Å²) in [5.74, 6) is 0. The first-order valence-corrected chi connectivity index (χ1v) is 8.14. The molecule has 0 aromatic heterocycles. The van der Waals surface area contributed by atoms with Gasteiger partial charge in [0, 0.05) is 19.1 Å². The molecule has 1 fully saturated rings. The lowest BCUT2D eigenvalue weighted by molar-refractivity contribution is 0.379. The van der Waals surface area contributed by atoms with Crippen LogP contribution < -0.4 is 5.32 Å². The molecule has 1 aromatic rings. The van der Waals surface area contributed by atoms with Crippen LogP contribution in [0, 0.1) is 13.8 Å². The highest BCUT2D eigenvalue weighted by Crippen LogP contribution is 2.26. The monoisotopic (exact) mass is 282 g/mol. The van der Waals surface area contributed by atoms with E-state index in [1.165, 1.54) is 0 Å². The highest BCUT2D eigenvalue weighted by molar-refractivity contribution is 7.89. The maximum atomic E-state index is 12.7. The Morgan fingerprint density at radius 2 is 2.05 bits per heavy atom. The largest absolute Gasteiger partial charge is 0.318 e. The third-order valence-electron chi connectivity index (χ3n) is 3.85. The van der Waals surface area contributed by atoms with Crippen molar-refractivity contribution in [1.82, 2.24) is 9.62 Å². The van der Waals surface area contributed by atoms with Gasteiger partial charge in [-0.2, -0.15) is 4.31 Å². The fourth-order valence-corrected chi connectivity index (χ4v) is 4.35. The Bertz CT molecular complexity index is 555. The van der Waals surface area contributed by atoms with Gasteiger partial charge in [0.15, 0.2) is 0 Å². The number of rotatable bonds is 4.